The van der Waals surface area contributed by atoms with Crippen LogP contribution in [0.15, 0.2) is 66.2 Å². The number of halogens is 4. The minimum Gasteiger partial charge on any atom is -0.466 e. The fourth-order valence-electron chi connectivity index (χ4n) is 4.21. The summed E-state index contributed by atoms with van der Waals surface area (Å²) >= 11 is 11.6. The van der Waals surface area contributed by atoms with Gasteiger partial charge < -0.3 is 15.0 Å². The van der Waals surface area contributed by atoms with Crippen molar-refractivity contribution in [3.8, 4) is 5.75 Å². The summed E-state index contributed by atoms with van der Waals surface area (Å²) in [6, 6.07) is 11.5. The molecule has 2 aromatic carbocycles. The number of amidine groups is 1. The molecule has 1 saturated heterocycles. The molecular formula is C26H28ClF3N6OS. The summed E-state index contributed by atoms with van der Waals surface area (Å²) in [6.07, 6.45) is -2.23. The molecule has 202 valence electrons. The lowest BCUT2D eigenvalue weighted by atomic mass is 9.85. The first-order valence-electron chi connectivity index (χ1n) is 11.8. The Hall–Kier alpha value is -3.18. The molecule has 0 unspecified atom stereocenters. The fourth-order valence-corrected chi connectivity index (χ4v) is 4.77. The van der Waals surface area contributed by atoms with Crippen molar-refractivity contribution in [1.82, 2.24) is 20.1 Å². The largest absolute Gasteiger partial charge is 0.466 e. The third-order valence-electron chi connectivity index (χ3n) is 6.19. The van der Waals surface area contributed by atoms with Crippen LogP contribution in [0.25, 0.3) is 0 Å². The number of nitrogens with zero attached hydrogens (tertiary/aromatic N) is 5. The topological polar surface area (TPSA) is 67.6 Å². The molecule has 0 spiro atoms. The van der Waals surface area contributed by atoms with E-state index in [0.717, 1.165) is 12.1 Å². The molecule has 38 heavy (non-hydrogen) atoms. The molecule has 2 heterocycles. The smallest absolute Gasteiger partial charge is 0.416 e. The summed E-state index contributed by atoms with van der Waals surface area (Å²) < 4.78 is 48.2. The third-order valence-corrected chi connectivity index (χ3v) is 6.73. The van der Waals surface area contributed by atoms with Crippen LogP contribution in [-0.4, -0.2) is 37.3 Å². The van der Waals surface area contributed by atoms with Crippen LogP contribution in [0.1, 0.15) is 46.4 Å². The second-order valence-electron chi connectivity index (χ2n) is 10.5. The molecule has 2 atom stereocenters. The van der Waals surface area contributed by atoms with Gasteiger partial charge in [0.25, 0.3) is 0 Å². The first-order valence-corrected chi connectivity index (χ1v) is 12.6. The number of anilines is 1. The zero-order valence-electron chi connectivity index (χ0n) is 21.5. The van der Waals surface area contributed by atoms with Crippen molar-refractivity contribution in [2.75, 3.05) is 4.90 Å². The van der Waals surface area contributed by atoms with Crippen LogP contribution in [-0.2, 0) is 6.18 Å². The Labute approximate surface area is 229 Å². The Bertz CT molecular complexity index is 1320. The molecular weight excluding hydrogens is 537 g/mol. The number of rotatable bonds is 6. The van der Waals surface area contributed by atoms with Gasteiger partial charge in [-0.2, -0.15) is 18.3 Å². The van der Waals surface area contributed by atoms with Crippen molar-refractivity contribution in [3.05, 3.63) is 71.8 Å². The molecule has 0 amide bonds. The lowest BCUT2D eigenvalue weighted by Gasteiger charge is -2.36. The zero-order chi connectivity index (χ0) is 27.9. The Morgan fingerprint density at radius 2 is 1.79 bits per heavy atom. The molecule has 1 aliphatic heterocycles. The standard InChI is InChI=1S/C26H28ClF3N6OS/c1-24(2,3)20(21(35-15-31-14-32-35)37-19-11-9-17(27)10-12-19)33-22-25(4,5)36(23(38)34-22)18-8-6-7-16(13-18)26(28,29)30/h6-15,20-21H,1-5H3,(H,33,34,38)/t20-,21-/m1/s1. The van der Waals surface area contributed by atoms with Crippen molar-refractivity contribution in [3.63, 3.8) is 0 Å². The average molecular weight is 565 g/mol. The third kappa shape index (κ3) is 5.78. The summed E-state index contributed by atoms with van der Waals surface area (Å²) in [7, 11) is 0. The normalized spacial score (nSPS) is 18.4. The zero-order valence-corrected chi connectivity index (χ0v) is 23.1. The second kappa shape index (κ2) is 10.2. The van der Waals surface area contributed by atoms with E-state index in [0.29, 0.717) is 22.3 Å². The maximum Gasteiger partial charge on any atom is 0.416 e. The predicted molar refractivity (Wildman–Crippen MR) is 146 cm³/mol. The molecule has 7 nitrogen and oxygen atoms in total. The lowest BCUT2D eigenvalue weighted by molar-refractivity contribution is -0.137. The molecule has 0 bridgehead atoms. The highest BCUT2D eigenvalue weighted by atomic mass is 35.5. The van der Waals surface area contributed by atoms with Crippen LogP contribution in [0.2, 0.25) is 5.02 Å². The van der Waals surface area contributed by atoms with Gasteiger partial charge in [0.15, 0.2) is 5.11 Å². The number of thiocarbonyl (C=S) groups is 1. The number of aliphatic imine (C=N–C) groups is 1. The minimum absolute atomic E-state index is 0.247. The van der Waals surface area contributed by atoms with Gasteiger partial charge in [-0.1, -0.05) is 38.4 Å². The van der Waals surface area contributed by atoms with Gasteiger partial charge in [0.2, 0.25) is 6.23 Å². The Morgan fingerprint density at radius 1 is 1.11 bits per heavy atom. The van der Waals surface area contributed by atoms with Crippen molar-refractivity contribution in [2.24, 2.45) is 10.4 Å². The second-order valence-corrected chi connectivity index (χ2v) is 11.3. The predicted octanol–water partition coefficient (Wildman–Crippen LogP) is 6.51. The summed E-state index contributed by atoms with van der Waals surface area (Å²) in [5, 5.41) is 8.26. The van der Waals surface area contributed by atoms with Crippen LogP contribution in [0.3, 0.4) is 0 Å². The van der Waals surface area contributed by atoms with Crippen LogP contribution in [0, 0.1) is 5.41 Å². The van der Waals surface area contributed by atoms with E-state index >= 15 is 0 Å². The number of aromatic nitrogens is 3. The Balaban J connectivity index is 1.76. The molecule has 0 radical (unpaired) electrons. The highest BCUT2D eigenvalue weighted by Crippen LogP contribution is 2.38. The van der Waals surface area contributed by atoms with E-state index in [1.165, 1.54) is 12.4 Å². The van der Waals surface area contributed by atoms with Gasteiger partial charge >= 0.3 is 6.18 Å². The molecule has 1 fully saturated rings. The number of hydrogen-bond donors (Lipinski definition) is 1. The maximum absolute atomic E-state index is 13.4. The summed E-state index contributed by atoms with van der Waals surface area (Å²) in [4.78, 5) is 10.8. The summed E-state index contributed by atoms with van der Waals surface area (Å²) in [5.41, 5.74) is -1.78. The quantitative estimate of drug-likeness (QED) is 0.344. The number of nitrogens with one attached hydrogen (secondary N) is 1. The van der Waals surface area contributed by atoms with Crippen LogP contribution in [0.4, 0.5) is 18.9 Å². The van der Waals surface area contributed by atoms with Gasteiger partial charge in [-0.05, 0) is 73.9 Å². The first kappa shape index (κ1) is 27.8. The van der Waals surface area contributed by atoms with E-state index in [2.05, 4.69) is 15.4 Å². The number of benzene rings is 2. The minimum atomic E-state index is -4.48. The van der Waals surface area contributed by atoms with Crippen molar-refractivity contribution in [1.29, 1.82) is 0 Å². The van der Waals surface area contributed by atoms with Gasteiger partial charge in [0, 0.05) is 10.7 Å². The number of alkyl halides is 3. The van der Waals surface area contributed by atoms with Crippen molar-refractivity contribution < 1.29 is 17.9 Å². The molecule has 12 heteroatoms. The van der Waals surface area contributed by atoms with Gasteiger partial charge in [-0.3, -0.25) is 4.99 Å². The van der Waals surface area contributed by atoms with Gasteiger partial charge in [-0.25, -0.2) is 9.67 Å². The molecule has 0 saturated carbocycles. The SMILES string of the molecule is CC(C)(C)[C@H](N=C1NC(=S)N(c2cccc(C(F)(F)F)c2)C1(C)C)[C@@H](Oc1ccc(Cl)cc1)n1cncn1. The van der Waals surface area contributed by atoms with Crippen molar-refractivity contribution in [2.45, 2.75) is 58.6 Å². The van der Waals surface area contributed by atoms with Crippen LogP contribution < -0.4 is 15.0 Å². The van der Waals surface area contributed by atoms with E-state index in [1.54, 1.807) is 46.2 Å². The highest BCUT2D eigenvalue weighted by molar-refractivity contribution is 7.80. The fraction of sp³-hybridized carbons (Fsp3) is 0.385. The molecule has 1 aliphatic rings. The number of ether oxygens (including phenoxy) is 1. The van der Waals surface area contributed by atoms with E-state index in [9.17, 15) is 13.2 Å². The van der Waals surface area contributed by atoms with Gasteiger partial charge in [0.1, 0.15) is 30.3 Å². The van der Waals surface area contributed by atoms with Gasteiger partial charge in [-0.15, -0.1) is 0 Å². The Kier molecular flexibility index (Phi) is 7.46. The number of hydrogen-bond acceptors (Lipinski definition) is 5. The van der Waals surface area contributed by atoms with Crippen molar-refractivity contribution >= 4 is 40.5 Å². The van der Waals surface area contributed by atoms with Gasteiger partial charge in [0.05, 0.1) is 11.1 Å². The lowest BCUT2D eigenvalue weighted by Crippen LogP contribution is -2.46. The van der Waals surface area contributed by atoms with Crippen LogP contribution >= 0.6 is 23.8 Å². The summed E-state index contributed by atoms with van der Waals surface area (Å²) in [6.45, 7) is 9.75. The molecule has 4 rings (SSSR count). The summed E-state index contributed by atoms with van der Waals surface area (Å²) in [5.74, 6) is 1.05. The average Bonchev–Trinajstić information content (AvgIpc) is 3.42. The molecule has 0 aliphatic carbocycles. The first-order chi connectivity index (χ1) is 17.7. The highest BCUT2D eigenvalue weighted by Gasteiger charge is 2.45. The van der Waals surface area contributed by atoms with Crippen LogP contribution in [0.5, 0.6) is 5.75 Å². The van der Waals surface area contributed by atoms with E-state index < -0.39 is 35.0 Å². The van der Waals surface area contributed by atoms with E-state index in [1.807, 2.05) is 34.6 Å². The maximum atomic E-state index is 13.4. The Morgan fingerprint density at radius 3 is 2.37 bits per heavy atom. The van der Waals surface area contributed by atoms with E-state index in [4.69, 9.17) is 33.5 Å². The monoisotopic (exact) mass is 564 g/mol. The molecule has 1 N–H and O–H groups in total. The molecule has 1 aromatic heterocycles. The van der Waals surface area contributed by atoms with E-state index in [-0.39, 0.29) is 5.11 Å². The molecule has 3 aromatic rings.